The number of hydrogen-bond donors (Lipinski definition) is 2. The number of phosphoric acid groups is 1. The topological polar surface area (TPSA) is 147 Å². The zero-order chi connectivity index (χ0) is 22.1. The number of hydrogen-bond acceptors (Lipinski definition) is 8. The summed E-state index contributed by atoms with van der Waals surface area (Å²) in [5, 5.41) is 22.6. The summed E-state index contributed by atoms with van der Waals surface area (Å²) in [6.45, 7) is 2.80. The number of ketones is 2. The number of carbonyl (C=O) groups excluding carboxylic acids is 2. The minimum atomic E-state index is -5.34. The van der Waals surface area contributed by atoms with Gasteiger partial charge in [-0.05, 0) is 56.1 Å². The molecule has 0 radical (unpaired) electrons. The Kier molecular flexibility index (Phi) is 8.83. The first-order valence-corrected chi connectivity index (χ1v) is 11.8. The molecule has 11 heteroatoms. The number of allylic oxidation sites excluding steroid dienone is 4. The molecule has 0 amide bonds. The molecule has 4 aliphatic carbocycles. The van der Waals surface area contributed by atoms with Gasteiger partial charge in [0.1, 0.15) is 12.2 Å². The molecule has 3 saturated carbocycles. The third kappa shape index (κ3) is 4.54. The average molecular weight is 484 g/mol. The molecule has 2 N–H and O–H groups in total. The Morgan fingerprint density at radius 3 is 2.56 bits per heavy atom. The maximum absolute atomic E-state index is 12.8. The van der Waals surface area contributed by atoms with Crippen molar-refractivity contribution in [1.82, 2.24) is 0 Å². The van der Waals surface area contributed by atoms with E-state index in [-0.39, 0.29) is 95.5 Å². The fourth-order valence-electron chi connectivity index (χ4n) is 7.05. The van der Waals surface area contributed by atoms with Crippen molar-refractivity contribution in [3.63, 3.8) is 0 Å². The summed E-state index contributed by atoms with van der Waals surface area (Å²) in [6.07, 6.45) is 6.56. The molecule has 0 aromatic heterocycles. The van der Waals surface area contributed by atoms with Gasteiger partial charge in [-0.3, -0.25) is 9.59 Å². The Morgan fingerprint density at radius 1 is 1.28 bits per heavy atom. The van der Waals surface area contributed by atoms with Crippen molar-refractivity contribution in [2.45, 2.75) is 57.7 Å². The largest absolute Gasteiger partial charge is 1.00 e. The summed E-state index contributed by atoms with van der Waals surface area (Å²) in [7, 11) is -5.34. The van der Waals surface area contributed by atoms with Crippen molar-refractivity contribution in [1.29, 1.82) is 0 Å². The minimum absolute atomic E-state index is 0. The van der Waals surface area contributed by atoms with Crippen LogP contribution in [0.5, 0.6) is 0 Å². The molecule has 7 unspecified atom stereocenters. The Balaban J connectivity index is 0.00000181. The van der Waals surface area contributed by atoms with E-state index in [9.17, 15) is 34.2 Å². The van der Waals surface area contributed by atoms with E-state index >= 15 is 0 Å². The first-order chi connectivity index (χ1) is 13.8. The normalized spacial score (nSPS) is 42.6. The van der Waals surface area contributed by atoms with Crippen LogP contribution in [0.15, 0.2) is 23.8 Å². The van der Waals surface area contributed by atoms with E-state index < -0.39 is 42.7 Å². The van der Waals surface area contributed by atoms with Crippen LogP contribution in [0.25, 0.3) is 0 Å². The third-order valence-corrected chi connectivity index (χ3v) is 8.91. The number of aliphatic hydroxyl groups is 2. The summed E-state index contributed by atoms with van der Waals surface area (Å²) >= 11 is 0. The van der Waals surface area contributed by atoms with Crippen molar-refractivity contribution in [3.8, 4) is 0 Å². The van der Waals surface area contributed by atoms with Crippen LogP contribution < -0.4 is 68.9 Å². The number of carbonyl (C=O) groups is 2. The predicted molar refractivity (Wildman–Crippen MR) is 102 cm³/mol. The molecule has 7 atom stereocenters. The van der Waals surface area contributed by atoms with Gasteiger partial charge in [-0.1, -0.05) is 25.5 Å². The first kappa shape index (κ1) is 29.1. The molecule has 4 rings (SSSR count). The van der Waals surface area contributed by atoms with E-state index in [4.69, 9.17) is 0 Å². The van der Waals surface area contributed by atoms with Crippen LogP contribution in [0.3, 0.4) is 0 Å². The average Bonchev–Trinajstić information content (AvgIpc) is 2.91. The molecule has 32 heavy (non-hydrogen) atoms. The fourth-order valence-corrected chi connectivity index (χ4v) is 7.32. The Bertz CT molecular complexity index is 900. The monoisotopic (exact) mass is 484 g/mol. The van der Waals surface area contributed by atoms with Crippen molar-refractivity contribution >= 4 is 19.4 Å². The first-order valence-electron chi connectivity index (χ1n) is 10.4. The smallest absolute Gasteiger partial charge is 0.790 e. The summed E-state index contributed by atoms with van der Waals surface area (Å²) in [4.78, 5) is 46.2. The Hall–Kier alpha value is 0.850. The van der Waals surface area contributed by atoms with Gasteiger partial charge < -0.3 is 29.1 Å². The number of aliphatic hydroxyl groups excluding tert-OH is 1. The molecule has 0 bridgehead atoms. The molecule has 0 aromatic rings. The molecule has 166 valence electrons. The van der Waals surface area contributed by atoms with Gasteiger partial charge in [0.15, 0.2) is 11.6 Å². The molecule has 0 aliphatic heterocycles. The van der Waals surface area contributed by atoms with Crippen LogP contribution in [0.2, 0.25) is 0 Å². The molecule has 0 saturated heterocycles. The predicted octanol–water partition coefficient (Wildman–Crippen LogP) is -5.58. The molecular weight excluding hydrogens is 457 g/mol. The molecule has 0 heterocycles. The van der Waals surface area contributed by atoms with Crippen LogP contribution >= 0.6 is 7.82 Å². The van der Waals surface area contributed by atoms with Gasteiger partial charge in [-0.15, -0.1) is 0 Å². The fraction of sp³-hybridized carbons (Fsp3) is 0.714. The zero-order valence-electron chi connectivity index (χ0n) is 19.1. The standard InChI is InChI=1S/C21H29O8P.2Na/c1-19-7-5-13(22)9-12(19)3-4-14-15-6-8-21(25,17(24)11-29-30(26,27)28)20(15,2)10-16(23)18(14)19;;/h5,7,9,14-16,18,23,25H,3-4,6,8,10-11H2,1-2H3,(H2,26,27,28);;/q;2*+1/p-2. The minimum Gasteiger partial charge on any atom is -0.790 e. The van der Waals surface area contributed by atoms with Crippen molar-refractivity contribution in [3.05, 3.63) is 23.8 Å². The zero-order valence-corrected chi connectivity index (χ0v) is 24.0. The molecule has 0 aromatic carbocycles. The maximum atomic E-state index is 12.8. The van der Waals surface area contributed by atoms with E-state index in [2.05, 4.69) is 4.52 Å². The number of fused-ring (bicyclic) bond motifs is 5. The van der Waals surface area contributed by atoms with Crippen molar-refractivity contribution in [2.24, 2.45) is 28.6 Å². The number of Topliss-reactive ketones (excluding diaryl/α,β-unsaturated/α-hetero) is 1. The summed E-state index contributed by atoms with van der Waals surface area (Å²) in [5.74, 6) is -1.05. The van der Waals surface area contributed by atoms with Gasteiger partial charge in [0.05, 0.1) is 13.9 Å². The van der Waals surface area contributed by atoms with Gasteiger partial charge in [-0.25, -0.2) is 0 Å². The van der Waals surface area contributed by atoms with Gasteiger partial charge in [-0.2, -0.15) is 0 Å². The number of phosphoric ester groups is 1. The van der Waals surface area contributed by atoms with Crippen LogP contribution in [0.1, 0.15) is 46.0 Å². The van der Waals surface area contributed by atoms with Crippen LogP contribution in [0, 0.1) is 28.6 Å². The Labute approximate surface area is 232 Å². The summed E-state index contributed by atoms with van der Waals surface area (Å²) in [6, 6.07) is 0. The quantitative estimate of drug-likeness (QED) is 0.297. The van der Waals surface area contributed by atoms with Crippen molar-refractivity contribution in [2.75, 3.05) is 6.61 Å². The second kappa shape index (κ2) is 9.72. The van der Waals surface area contributed by atoms with E-state index in [1.165, 1.54) is 0 Å². The Morgan fingerprint density at radius 2 is 1.94 bits per heavy atom. The van der Waals surface area contributed by atoms with Gasteiger partial charge in [0.2, 0.25) is 0 Å². The van der Waals surface area contributed by atoms with E-state index in [1.807, 2.05) is 13.0 Å². The molecule has 8 nitrogen and oxygen atoms in total. The summed E-state index contributed by atoms with van der Waals surface area (Å²) in [5.41, 5.74) is -2.27. The molecular formula is C21H27Na2O8P. The molecule has 3 fully saturated rings. The van der Waals surface area contributed by atoms with E-state index in [0.29, 0.717) is 12.8 Å². The SMILES string of the molecule is CC12C=CC(=O)C=C1CCC1C2C(O)CC2(C)C1CCC2(O)C(=O)COP(=O)([O-])[O-].[Na+].[Na+]. The van der Waals surface area contributed by atoms with Crippen LogP contribution in [0.4, 0.5) is 0 Å². The maximum Gasteiger partial charge on any atom is 1.00 e. The molecule has 4 aliphatic rings. The van der Waals surface area contributed by atoms with Crippen LogP contribution in [-0.2, 0) is 18.7 Å². The summed E-state index contributed by atoms with van der Waals surface area (Å²) < 4.78 is 14.9. The van der Waals surface area contributed by atoms with E-state index in [1.54, 1.807) is 19.1 Å². The van der Waals surface area contributed by atoms with E-state index in [0.717, 1.165) is 12.0 Å². The van der Waals surface area contributed by atoms with Crippen molar-refractivity contribution < 1.29 is 97.8 Å². The number of rotatable bonds is 4. The third-order valence-electron chi connectivity index (χ3n) is 8.46. The van der Waals surface area contributed by atoms with Crippen LogP contribution in [-0.4, -0.2) is 40.1 Å². The van der Waals surface area contributed by atoms with Gasteiger partial charge in [0.25, 0.3) is 0 Å². The van der Waals surface area contributed by atoms with Gasteiger partial charge >= 0.3 is 59.1 Å². The van der Waals surface area contributed by atoms with Gasteiger partial charge in [0, 0.05) is 16.7 Å². The second-order valence-corrected chi connectivity index (χ2v) is 10.9. The molecule has 0 spiro atoms. The second-order valence-electron chi connectivity index (χ2n) is 9.75.